The fourth-order valence-corrected chi connectivity index (χ4v) is 2.40. The lowest BCUT2D eigenvalue weighted by atomic mass is 10.0. The third-order valence-electron chi connectivity index (χ3n) is 3.68. The molecule has 0 spiro atoms. The van der Waals surface area contributed by atoms with Crippen LogP contribution in [0.25, 0.3) is 0 Å². The average Bonchev–Trinajstić information content (AvgIpc) is 2.47. The van der Waals surface area contributed by atoms with Gasteiger partial charge in [-0.2, -0.15) is 0 Å². The van der Waals surface area contributed by atoms with Crippen LogP contribution in [0.1, 0.15) is 31.1 Å². The number of carbonyl (C=O) groups excluding carboxylic acids is 2. The van der Waals surface area contributed by atoms with E-state index in [0.29, 0.717) is 13.2 Å². The summed E-state index contributed by atoms with van der Waals surface area (Å²) in [4.78, 5) is 26.0. The van der Waals surface area contributed by atoms with Crippen molar-refractivity contribution in [3.8, 4) is 0 Å². The molecule has 1 N–H and O–H groups in total. The van der Waals surface area contributed by atoms with Crippen LogP contribution < -0.4 is 5.32 Å². The molecule has 1 aromatic carbocycles. The minimum atomic E-state index is -0.484. The van der Waals surface area contributed by atoms with Crippen LogP contribution in [0, 0.1) is 5.82 Å². The molecule has 0 aromatic heterocycles. The van der Waals surface area contributed by atoms with Crippen molar-refractivity contribution in [2.45, 2.75) is 32.4 Å². The topological polar surface area (TPSA) is 58.6 Å². The molecule has 120 valence electrons. The summed E-state index contributed by atoms with van der Waals surface area (Å²) < 4.78 is 18.7. The smallest absolute Gasteiger partial charge is 0.251 e. The van der Waals surface area contributed by atoms with E-state index in [4.69, 9.17) is 4.74 Å². The van der Waals surface area contributed by atoms with Crippen molar-refractivity contribution in [1.29, 1.82) is 0 Å². The molecule has 2 rings (SSSR count). The van der Waals surface area contributed by atoms with Crippen molar-refractivity contribution in [3.63, 3.8) is 0 Å². The normalized spacial score (nSPS) is 20.5. The van der Waals surface area contributed by atoms with Crippen LogP contribution in [0.5, 0.6) is 0 Å². The largest absolute Gasteiger partial charge is 0.374 e. The number of amides is 2. The van der Waals surface area contributed by atoms with E-state index in [0.717, 1.165) is 6.07 Å². The molecule has 5 nitrogen and oxygen atoms in total. The Bertz CT molecular complexity index is 574. The van der Waals surface area contributed by atoms with Gasteiger partial charge in [0.2, 0.25) is 5.91 Å². The van der Waals surface area contributed by atoms with Crippen molar-refractivity contribution < 1.29 is 18.7 Å². The number of hydrogen-bond donors (Lipinski definition) is 1. The molecule has 1 aliphatic heterocycles. The first kappa shape index (κ1) is 16.4. The van der Waals surface area contributed by atoms with Crippen molar-refractivity contribution in [1.82, 2.24) is 10.2 Å². The monoisotopic (exact) mass is 308 g/mol. The van der Waals surface area contributed by atoms with Gasteiger partial charge >= 0.3 is 0 Å². The zero-order valence-corrected chi connectivity index (χ0v) is 13.1. The van der Waals surface area contributed by atoms with Gasteiger partial charge in [0.05, 0.1) is 24.8 Å². The summed E-state index contributed by atoms with van der Waals surface area (Å²) >= 11 is 0. The van der Waals surface area contributed by atoms with Crippen molar-refractivity contribution in [2.24, 2.45) is 0 Å². The molecule has 22 heavy (non-hydrogen) atoms. The van der Waals surface area contributed by atoms with Crippen LogP contribution in [-0.2, 0) is 9.53 Å². The Morgan fingerprint density at radius 1 is 1.45 bits per heavy atom. The summed E-state index contributed by atoms with van der Waals surface area (Å²) in [5, 5.41) is 2.54. The maximum absolute atomic E-state index is 13.1. The van der Waals surface area contributed by atoms with Gasteiger partial charge in [-0.1, -0.05) is 6.07 Å². The minimum absolute atomic E-state index is 0.0316. The number of rotatable bonds is 3. The van der Waals surface area contributed by atoms with Gasteiger partial charge in [0.1, 0.15) is 5.82 Å². The van der Waals surface area contributed by atoms with Crippen molar-refractivity contribution in [3.05, 3.63) is 35.6 Å². The molecule has 0 radical (unpaired) electrons. The quantitative estimate of drug-likeness (QED) is 0.922. The SMILES string of the molecule is CC1CN(C(=O)CNC(=O)c2cccc(F)c2)C(C)(C)CO1. The van der Waals surface area contributed by atoms with Gasteiger partial charge in [0.15, 0.2) is 0 Å². The van der Waals surface area contributed by atoms with Crippen LogP contribution in [0.15, 0.2) is 24.3 Å². The zero-order valence-electron chi connectivity index (χ0n) is 13.1. The molecular weight excluding hydrogens is 287 g/mol. The average molecular weight is 308 g/mol. The van der Waals surface area contributed by atoms with E-state index in [1.807, 2.05) is 20.8 Å². The fraction of sp³-hybridized carbons (Fsp3) is 0.500. The number of nitrogens with one attached hydrogen (secondary N) is 1. The summed E-state index contributed by atoms with van der Waals surface area (Å²) in [5.74, 6) is -1.13. The molecule has 0 aliphatic carbocycles. The Labute approximate surface area is 129 Å². The number of nitrogens with zero attached hydrogens (tertiary/aromatic N) is 1. The third kappa shape index (κ3) is 3.82. The van der Waals surface area contributed by atoms with Gasteiger partial charge in [-0.3, -0.25) is 9.59 Å². The molecule has 1 fully saturated rings. The van der Waals surface area contributed by atoms with Crippen LogP contribution in [-0.4, -0.2) is 48.1 Å². The molecule has 0 bridgehead atoms. The molecule has 6 heteroatoms. The first-order chi connectivity index (χ1) is 10.3. The highest BCUT2D eigenvalue weighted by Gasteiger charge is 2.36. The summed E-state index contributed by atoms with van der Waals surface area (Å²) in [6.45, 7) is 6.57. The predicted molar refractivity (Wildman–Crippen MR) is 79.9 cm³/mol. The number of carbonyl (C=O) groups is 2. The van der Waals surface area contributed by atoms with E-state index >= 15 is 0 Å². The number of morpholine rings is 1. The van der Waals surface area contributed by atoms with Gasteiger partial charge in [0.25, 0.3) is 5.91 Å². The molecule has 1 aliphatic rings. The van der Waals surface area contributed by atoms with Gasteiger partial charge in [-0.15, -0.1) is 0 Å². The Morgan fingerprint density at radius 2 is 2.18 bits per heavy atom. The lowest BCUT2D eigenvalue weighted by Gasteiger charge is -2.44. The Kier molecular flexibility index (Phi) is 4.81. The van der Waals surface area contributed by atoms with E-state index in [1.165, 1.54) is 18.2 Å². The van der Waals surface area contributed by atoms with Crippen LogP contribution in [0.3, 0.4) is 0 Å². The van der Waals surface area contributed by atoms with E-state index in [2.05, 4.69) is 5.32 Å². The highest BCUT2D eigenvalue weighted by molar-refractivity contribution is 5.96. The van der Waals surface area contributed by atoms with Gasteiger partial charge in [0, 0.05) is 12.1 Å². The van der Waals surface area contributed by atoms with Crippen LogP contribution in [0.2, 0.25) is 0 Å². The van der Waals surface area contributed by atoms with E-state index < -0.39 is 17.3 Å². The lowest BCUT2D eigenvalue weighted by molar-refractivity contribution is -0.151. The van der Waals surface area contributed by atoms with Gasteiger partial charge < -0.3 is 15.0 Å². The number of ether oxygens (including phenoxy) is 1. The molecule has 1 heterocycles. The number of hydrogen-bond acceptors (Lipinski definition) is 3. The molecule has 0 saturated carbocycles. The molecular formula is C16H21FN2O3. The van der Waals surface area contributed by atoms with Crippen molar-refractivity contribution in [2.75, 3.05) is 19.7 Å². The third-order valence-corrected chi connectivity index (χ3v) is 3.68. The maximum Gasteiger partial charge on any atom is 0.251 e. The highest BCUT2D eigenvalue weighted by atomic mass is 19.1. The summed E-state index contributed by atoms with van der Waals surface area (Å²) in [6, 6.07) is 5.36. The first-order valence-electron chi connectivity index (χ1n) is 7.25. The second-order valence-corrected chi connectivity index (χ2v) is 6.13. The Morgan fingerprint density at radius 3 is 2.86 bits per heavy atom. The summed E-state index contributed by atoms with van der Waals surface area (Å²) in [6.07, 6.45) is -0.0316. The first-order valence-corrected chi connectivity index (χ1v) is 7.25. The maximum atomic E-state index is 13.1. The van der Waals surface area contributed by atoms with Crippen LogP contribution >= 0.6 is 0 Å². The number of halogens is 1. The Balaban J connectivity index is 1.96. The second kappa shape index (κ2) is 6.44. The summed E-state index contributed by atoms with van der Waals surface area (Å²) in [5.41, 5.74) is -0.213. The van der Waals surface area contributed by atoms with Crippen LogP contribution in [0.4, 0.5) is 4.39 Å². The van der Waals surface area contributed by atoms with E-state index in [1.54, 1.807) is 4.90 Å². The van der Waals surface area contributed by atoms with Gasteiger partial charge in [-0.25, -0.2) is 4.39 Å². The molecule has 1 unspecified atom stereocenters. The zero-order chi connectivity index (χ0) is 16.3. The van der Waals surface area contributed by atoms with E-state index in [9.17, 15) is 14.0 Å². The molecule has 1 atom stereocenters. The molecule has 1 saturated heterocycles. The summed E-state index contributed by atoms with van der Waals surface area (Å²) in [7, 11) is 0. The molecule has 1 aromatic rings. The second-order valence-electron chi connectivity index (χ2n) is 6.13. The molecule has 2 amide bonds. The highest BCUT2D eigenvalue weighted by Crippen LogP contribution is 2.21. The van der Waals surface area contributed by atoms with E-state index in [-0.39, 0.29) is 24.1 Å². The number of benzene rings is 1. The van der Waals surface area contributed by atoms with Crippen molar-refractivity contribution >= 4 is 11.8 Å². The standard InChI is InChI=1S/C16H21FN2O3/c1-11-9-19(16(2,3)10-22-11)14(20)8-18-15(21)12-5-4-6-13(17)7-12/h4-7,11H,8-10H2,1-3H3,(H,18,21). The van der Waals surface area contributed by atoms with Gasteiger partial charge in [-0.05, 0) is 39.0 Å². The predicted octanol–water partition coefficient (Wildman–Crippen LogP) is 1.58. The minimum Gasteiger partial charge on any atom is -0.374 e. The lowest BCUT2D eigenvalue weighted by Crippen LogP contribution is -2.59. The fourth-order valence-electron chi connectivity index (χ4n) is 2.40. The Hall–Kier alpha value is -1.95.